The van der Waals surface area contributed by atoms with Crippen LogP contribution in [-0.4, -0.2) is 72.2 Å². The maximum Gasteiger partial charge on any atom is 0.341 e. The van der Waals surface area contributed by atoms with Gasteiger partial charge in [0.15, 0.2) is 6.61 Å². The number of nitrogens with one attached hydrogen (secondary N) is 3. The normalized spacial score (nSPS) is 11.9. The molecule has 0 aliphatic rings. The number of aliphatic carboxylic acids is 1. The van der Waals surface area contributed by atoms with Crippen molar-refractivity contribution in [1.29, 1.82) is 0 Å². The van der Waals surface area contributed by atoms with Crippen LogP contribution in [0.15, 0.2) is 72.8 Å². The van der Waals surface area contributed by atoms with Crippen molar-refractivity contribution in [1.82, 2.24) is 16.0 Å². The van der Waals surface area contributed by atoms with Gasteiger partial charge in [-0.2, -0.15) is 0 Å². The number of carboxylic acids is 2. The van der Waals surface area contributed by atoms with E-state index in [1.807, 2.05) is 37.3 Å². The highest BCUT2D eigenvalue weighted by molar-refractivity contribution is 5.93. The Labute approximate surface area is 273 Å². The SMILES string of the molecule is CCCCCNC(=O)[C@H](Cc1ccc(OCC(=O)O)c(C(=O)O)c1)NC(=O)C(Cc1ccccc1)NC(=O)Cc1ccc(OC)cc1. The van der Waals surface area contributed by atoms with E-state index >= 15 is 0 Å². The molecule has 0 aliphatic heterocycles. The van der Waals surface area contributed by atoms with Gasteiger partial charge in [-0.15, -0.1) is 0 Å². The fraction of sp³-hybridized carbons (Fsp3) is 0.343. The van der Waals surface area contributed by atoms with Crippen LogP contribution in [0.4, 0.5) is 0 Å². The number of hydrogen-bond donors (Lipinski definition) is 5. The predicted octanol–water partition coefficient (Wildman–Crippen LogP) is 3.16. The lowest BCUT2D eigenvalue weighted by atomic mass is 10.00. The van der Waals surface area contributed by atoms with Gasteiger partial charge in [0.25, 0.3) is 0 Å². The maximum atomic E-state index is 13.8. The molecular formula is C35H41N3O9. The van der Waals surface area contributed by atoms with E-state index in [9.17, 15) is 29.1 Å². The predicted molar refractivity (Wildman–Crippen MR) is 173 cm³/mol. The van der Waals surface area contributed by atoms with Gasteiger partial charge in [0.05, 0.1) is 13.5 Å². The number of carbonyl (C=O) groups is 5. The molecule has 3 rings (SSSR count). The smallest absolute Gasteiger partial charge is 0.341 e. The van der Waals surface area contributed by atoms with Crippen molar-refractivity contribution in [2.24, 2.45) is 0 Å². The van der Waals surface area contributed by atoms with Gasteiger partial charge in [-0.25, -0.2) is 9.59 Å². The van der Waals surface area contributed by atoms with Crippen LogP contribution >= 0.6 is 0 Å². The highest BCUT2D eigenvalue weighted by atomic mass is 16.5. The molecule has 0 heterocycles. The number of aromatic carboxylic acids is 1. The van der Waals surface area contributed by atoms with Gasteiger partial charge in [0.1, 0.15) is 29.1 Å². The second kappa shape index (κ2) is 18.5. The Hall–Kier alpha value is -5.39. The first-order chi connectivity index (χ1) is 22.6. The Morgan fingerprint density at radius 3 is 2.06 bits per heavy atom. The molecule has 0 radical (unpaired) electrons. The zero-order valence-corrected chi connectivity index (χ0v) is 26.5. The third-order valence-corrected chi connectivity index (χ3v) is 7.24. The first-order valence-corrected chi connectivity index (χ1v) is 15.3. The van der Waals surface area contributed by atoms with Gasteiger partial charge < -0.3 is 35.6 Å². The molecule has 47 heavy (non-hydrogen) atoms. The third-order valence-electron chi connectivity index (χ3n) is 7.24. The number of unbranched alkanes of at least 4 members (excludes halogenated alkanes) is 2. The number of hydrogen-bond acceptors (Lipinski definition) is 7. The van der Waals surface area contributed by atoms with Crippen LogP contribution in [0.1, 0.15) is 53.2 Å². The van der Waals surface area contributed by atoms with E-state index < -0.39 is 48.4 Å². The number of carboxylic acid groups (broad SMARTS) is 2. The Morgan fingerprint density at radius 2 is 1.43 bits per heavy atom. The standard InChI is InChI=1S/C35H41N3O9/c1-3-4-8-17-36-33(42)28(20-25-13-16-30(47-22-32(40)41)27(18-25)35(44)45)38-34(43)29(19-23-9-6-5-7-10-23)37-31(39)21-24-11-14-26(46-2)15-12-24/h5-7,9-16,18,28-29H,3-4,8,17,19-22H2,1-2H3,(H,36,42)(H,37,39)(H,38,43)(H,40,41)(H,44,45)/t28-,29?/m0/s1. The summed E-state index contributed by atoms with van der Waals surface area (Å²) >= 11 is 0. The van der Waals surface area contributed by atoms with Gasteiger partial charge in [-0.05, 0) is 47.4 Å². The fourth-order valence-corrected chi connectivity index (χ4v) is 4.80. The Kier molecular flexibility index (Phi) is 14.2. The Balaban J connectivity index is 1.84. The van der Waals surface area contributed by atoms with E-state index in [0.29, 0.717) is 17.9 Å². The van der Waals surface area contributed by atoms with Crippen molar-refractivity contribution in [3.63, 3.8) is 0 Å². The van der Waals surface area contributed by atoms with Crippen LogP contribution in [0.2, 0.25) is 0 Å². The van der Waals surface area contributed by atoms with Crippen molar-refractivity contribution >= 4 is 29.7 Å². The van der Waals surface area contributed by atoms with Crippen LogP contribution in [0.25, 0.3) is 0 Å². The molecule has 0 aliphatic carbocycles. The first-order valence-electron chi connectivity index (χ1n) is 15.3. The maximum absolute atomic E-state index is 13.8. The molecule has 250 valence electrons. The lowest BCUT2D eigenvalue weighted by molar-refractivity contribution is -0.139. The minimum atomic E-state index is -1.35. The number of amides is 3. The molecule has 1 unspecified atom stereocenters. The van der Waals surface area contributed by atoms with Crippen LogP contribution in [0.5, 0.6) is 11.5 Å². The number of methoxy groups -OCH3 is 1. The van der Waals surface area contributed by atoms with Crippen LogP contribution in [-0.2, 0) is 38.4 Å². The molecular weight excluding hydrogens is 606 g/mol. The van der Waals surface area contributed by atoms with Gasteiger partial charge >= 0.3 is 11.9 Å². The number of ether oxygens (including phenoxy) is 2. The second-order valence-corrected chi connectivity index (χ2v) is 10.9. The number of carbonyl (C=O) groups excluding carboxylic acids is 3. The largest absolute Gasteiger partial charge is 0.497 e. The summed E-state index contributed by atoms with van der Waals surface area (Å²) in [7, 11) is 1.55. The minimum Gasteiger partial charge on any atom is -0.497 e. The summed E-state index contributed by atoms with van der Waals surface area (Å²) in [6.07, 6.45) is 2.67. The lowest BCUT2D eigenvalue weighted by Gasteiger charge is -2.24. The average Bonchev–Trinajstić information content (AvgIpc) is 3.06. The monoisotopic (exact) mass is 647 g/mol. The highest BCUT2D eigenvalue weighted by Gasteiger charge is 2.28. The minimum absolute atomic E-state index is 0.0121. The van der Waals surface area contributed by atoms with Gasteiger partial charge in [-0.3, -0.25) is 14.4 Å². The van der Waals surface area contributed by atoms with Gasteiger partial charge in [0, 0.05) is 19.4 Å². The topological polar surface area (TPSA) is 180 Å². The number of rotatable bonds is 19. The molecule has 3 aromatic rings. The summed E-state index contributed by atoms with van der Waals surface area (Å²) < 4.78 is 10.3. The summed E-state index contributed by atoms with van der Waals surface area (Å²) in [5.41, 5.74) is 1.62. The second-order valence-electron chi connectivity index (χ2n) is 10.9. The molecule has 0 aromatic heterocycles. The van der Waals surface area contributed by atoms with Crippen molar-refractivity contribution in [3.8, 4) is 11.5 Å². The summed E-state index contributed by atoms with van der Waals surface area (Å²) in [6.45, 7) is 1.68. The molecule has 12 nitrogen and oxygen atoms in total. The average molecular weight is 648 g/mol. The Bertz CT molecular complexity index is 1510. The highest BCUT2D eigenvalue weighted by Crippen LogP contribution is 2.22. The van der Waals surface area contributed by atoms with Crippen LogP contribution in [0.3, 0.4) is 0 Å². The molecule has 2 atom stereocenters. The van der Waals surface area contributed by atoms with E-state index in [-0.39, 0.29) is 30.6 Å². The molecule has 3 amide bonds. The summed E-state index contributed by atoms with van der Waals surface area (Å²) in [6, 6.07) is 18.1. The van der Waals surface area contributed by atoms with Crippen molar-refractivity contribution < 1.29 is 43.7 Å². The van der Waals surface area contributed by atoms with E-state index in [1.54, 1.807) is 31.4 Å². The third kappa shape index (κ3) is 12.1. The summed E-state index contributed by atoms with van der Waals surface area (Å²) in [4.78, 5) is 63.1. The molecule has 3 aromatic carbocycles. The van der Waals surface area contributed by atoms with E-state index in [1.165, 1.54) is 18.2 Å². The molecule has 0 fully saturated rings. The van der Waals surface area contributed by atoms with E-state index in [0.717, 1.165) is 30.4 Å². The quantitative estimate of drug-likeness (QED) is 0.122. The summed E-state index contributed by atoms with van der Waals surface area (Å²) in [5.74, 6) is -3.57. The molecule has 5 N–H and O–H groups in total. The molecule has 0 saturated carbocycles. The van der Waals surface area contributed by atoms with Crippen molar-refractivity contribution in [2.75, 3.05) is 20.3 Å². The van der Waals surface area contributed by atoms with E-state index in [2.05, 4.69) is 16.0 Å². The molecule has 0 saturated heterocycles. The first kappa shape index (κ1) is 36.1. The van der Waals surface area contributed by atoms with Crippen LogP contribution < -0.4 is 25.4 Å². The van der Waals surface area contributed by atoms with Crippen molar-refractivity contribution in [3.05, 3.63) is 95.1 Å². The molecule has 0 bridgehead atoms. The fourth-order valence-electron chi connectivity index (χ4n) is 4.80. The molecule has 0 spiro atoms. The lowest BCUT2D eigenvalue weighted by Crippen LogP contribution is -2.55. The zero-order valence-electron chi connectivity index (χ0n) is 26.5. The van der Waals surface area contributed by atoms with E-state index in [4.69, 9.17) is 14.6 Å². The van der Waals surface area contributed by atoms with Crippen molar-refractivity contribution in [2.45, 2.75) is 57.5 Å². The Morgan fingerprint density at radius 1 is 0.766 bits per heavy atom. The van der Waals surface area contributed by atoms with Gasteiger partial charge in [-0.1, -0.05) is 68.3 Å². The molecule has 12 heteroatoms. The summed E-state index contributed by atoms with van der Waals surface area (Å²) in [5, 5.41) is 27.1. The zero-order chi connectivity index (χ0) is 34.2. The van der Waals surface area contributed by atoms with Crippen LogP contribution in [0, 0.1) is 0 Å². The van der Waals surface area contributed by atoms with Gasteiger partial charge in [0.2, 0.25) is 17.7 Å². The number of benzene rings is 3.